The smallest absolute Gasteiger partial charge is 0.270 e. The summed E-state index contributed by atoms with van der Waals surface area (Å²) in [6.07, 6.45) is 1.88. The summed E-state index contributed by atoms with van der Waals surface area (Å²) in [4.78, 5) is 20.6. The van der Waals surface area contributed by atoms with Crippen molar-refractivity contribution in [1.82, 2.24) is 14.7 Å². The van der Waals surface area contributed by atoms with Crippen molar-refractivity contribution in [2.75, 3.05) is 29.5 Å². The van der Waals surface area contributed by atoms with Crippen LogP contribution in [0.2, 0.25) is 0 Å². The molecule has 0 aliphatic carbocycles. The molecule has 29 heavy (non-hydrogen) atoms. The first-order chi connectivity index (χ1) is 13.7. The Balaban J connectivity index is 1.45. The number of fused-ring (bicyclic) bond motifs is 1. The van der Waals surface area contributed by atoms with Gasteiger partial charge in [0, 0.05) is 30.7 Å². The maximum absolute atomic E-state index is 14.6. The maximum Gasteiger partial charge on any atom is 0.270 e. The number of imidazole rings is 1. The molecule has 1 aromatic carbocycles. The number of nitrogens with one attached hydrogen (secondary N) is 1. The molecule has 0 unspecified atom stereocenters. The van der Waals surface area contributed by atoms with Crippen LogP contribution in [0.3, 0.4) is 0 Å². The molecule has 0 spiro atoms. The van der Waals surface area contributed by atoms with Gasteiger partial charge in [0.1, 0.15) is 11.5 Å². The summed E-state index contributed by atoms with van der Waals surface area (Å²) in [6, 6.07) is 4.76. The van der Waals surface area contributed by atoms with Crippen molar-refractivity contribution < 1.29 is 17.6 Å². The first-order valence-electron chi connectivity index (χ1n) is 9.20. The molecule has 1 aliphatic heterocycles. The molecule has 10 heteroatoms. The maximum atomic E-state index is 14.6. The van der Waals surface area contributed by atoms with E-state index in [9.17, 15) is 17.6 Å². The van der Waals surface area contributed by atoms with Gasteiger partial charge < -0.3 is 10.2 Å². The summed E-state index contributed by atoms with van der Waals surface area (Å²) >= 11 is 1.52. The van der Waals surface area contributed by atoms with Crippen LogP contribution in [-0.4, -0.2) is 48.3 Å². The van der Waals surface area contributed by atoms with Crippen LogP contribution in [0, 0.1) is 19.7 Å². The third-order valence-corrected chi connectivity index (χ3v) is 7.49. The molecule has 1 saturated heterocycles. The highest BCUT2D eigenvalue weighted by molar-refractivity contribution is 7.91. The molecule has 3 heterocycles. The molecule has 1 amide bonds. The highest BCUT2D eigenvalue weighted by Gasteiger charge is 2.24. The fraction of sp³-hybridized carbons (Fsp3) is 0.368. The molecular formula is C19H21FN4O3S2. The Morgan fingerprint density at radius 1 is 1.28 bits per heavy atom. The second kappa shape index (κ2) is 7.42. The number of amides is 1. The Morgan fingerprint density at radius 2 is 2.00 bits per heavy atom. The Kier molecular flexibility index (Phi) is 5.07. The normalized spacial score (nSPS) is 16.3. The van der Waals surface area contributed by atoms with E-state index in [1.54, 1.807) is 28.4 Å². The van der Waals surface area contributed by atoms with Crippen molar-refractivity contribution >= 4 is 37.7 Å². The number of aromatic nitrogens is 2. The zero-order chi connectivity index (χ0) is 20.8. The van der Waals surface area contributed by atoms with Gasteiger partial charge in [-0.1, -0.05) is 6.07 Å². The molecule has 4 rings (SSSR count). The minimum Gasteiger partial charge on any atom is -0.367 e. The fourth-order valence-electron chi connectivity index (χ4n) is 3.47. The summed E-state index contributed by atoms with van der Waals surface area (Å²) < 4.78 is 39.5. The molecule has 7 nitrogen and oxygen atoms in total. The van der Waals surface area contributed by atoms with E-state index >= 15 is 0 Å². The largest absolute Gasteiger partial charge is 0.367 e. The number of thiazole rings is 1. The summed E-state index contributed by atoms with van der Waals surface area (Å²) in [7, 11) is -3.02. The van der Waals surface area contributed by atoms with Crippen molar-refractivity contribution in [3.05, 3.63) is 52.0 Å². The molecule has 1 aliphatic rings. The lowest BCUT2D eigenvalue weighted by Crippen LogP contribution is -2.40. The van der Waals surface area contributed by atoms with E-state index in [1.807, 2.05) is 13.1 Å². The lowest BCUT2D eigenvalue weighted by atomic mass is 10.1. The van der Waals surface area contributed by atoms with Crippen LogP contribution in [0.1, 0.15) is 26.6 Å². The van der Waals surface area contributed by atoms with Gasteiger partial charge in [-0.25, -0.2) is 17.8 Å². The average Bonchev–Trinajstić information content (AvgIpc) is 3.14. The SMILES string of the molecule is Cc1cn2c(C(=O)NCc3ccc(N4CCS(=O)(=O)CC4)c(F)c3)c(C)nc2s1. The van der Waals surface area contributed by atoms with E-state index in [-0.39, 0.29) is 37.0 Å². The van der Waals surface area contributed by atoms with Crippen molar-refractivity contribution in [2.24, 2.45) is 0 Å². The molecule has 0 radical (unpaired) electrons. The van der Waals surface area contributed by atoms with Gasteiger partial charge in [-0.2, -0.15) is 0 Å². The van der Waals surface area contributed by atoms with E-state index in [0.29, 0.717) is 22.6 Å². The molecule has 0 saturated carbocycles. The first kappa shape index (κ1) is 19.8. The second-order valence-electron chi connectivity index (χ2n) is 7.15. The topological polar surface area (TPSA) is 83.8 Å². The molecule has 3 aromatic rings. The summed E-state index contributed by atoms with van der Waals surface area (Å²) in [5.74, 6) is -0.623. The molecule has 0 bridgehead atoms. The lowest BCUT2D eigenvalue weighted by molar-refractivity contribution is 0.0944. The predicted octanol–water partition coefficient (Wildman–Crippen LogP) is 2.32. The monoisotopic (exact) mass is 436 g/mol. The quantitative estimate of drug-likeness (QED) is 0.679. The molecule has 0 atom stereocenters. The minimum absolute atomic E-state index is 0.0332. The minimum atomic E-state index is -3.02. The van der Waals surface area contributed by atoms with Crippen molar-refractivity contribution in [3.63, 3.8) is 0 Å². The number of sulfone groups is 1. The van der Waals surface area contributed by atoms with Crippen molar-refractivity contribution in [2.45, 2.75) is 20.4 Å². The van der Waals surface area contributed by atoms with E-state index in [1.165, 1.54) is 17.4 Å². The fourth-order valence-corrected chi connectivity index (χ4v) is 5.55. The third kappa shape index (κ3) is 3.99. The van der Waals surface area contributed by atoms with Crippen LogP contribution in [0.4, 0.5) is 10.1 Å². The molecule has 2 aromatic heterocycles. The highest BCUT2D eigenvalue weighted by atomic mass is 32.2. The van der Waals surface area contributed by atoms with Gasteiger partial charge in [0.25, 0.3) is 5.91 Å². The summed E-state index contributed by atoms with van der Waals surface area (Å²) in [5.41, 5.74) is 2.15. The number of hydrogen-bond donors (Lipinski definition) is 1. The number of anilines is 1. The van der Waals surface area contributed by atoms with Crippen molar-refractivity contribution in [1.29, 1.82) is 0 Å². The Bertz CT molecular complexity index is 1190. The molecule has 1 N–H and O–H groups in total. The van der Waals surface area contributed by atoms with Gasteiger partial charge in [0.2, 0.25) is 0 Å². The number of benzene rings is 1. The van der Waals surface area contributed by atoms with E-state index in [0.717, 1.165) is 9.84 Å². The standard InChI is InChI=1S/C19H21FN4O3S2/c1-12-11-24-17(13(2)22-19(24)28-12)18(25)21-10-14-3-4-16(15(20)9-14)23-5-7-29(26,27)8-6-23/h3-4,9,11H,5-8,10H2,1-2H3,(H,21,25). The molecule has 154 valence electrons. The summed E-state index contributed by atoms with van der Waals surface area (Å²) in [5, 5.41) is 2.83. The highest BCUT2D eigenvalue weighted by Crippen LogP contribution is 2.23. The van der Waals surface area contributed by atoms with Crippen molar-refractivity contribution in [3.8, 4) is 0 Å². The lowest BCUT2D eigenvalue weighted by Gasteiger charge is -2.29. The van der Waals surface area contributed by atoms with E-state index in [2.05, 4.69) is 10.3 Å². The Labute approximate surface area is 172 Å². The number of halogens is 1. The molecule has 1 fully saturated rings. The van der Waals surface area contributed by atoms with Gasteiger partial charge in [0.05, 0.1) is 22.9 Å². The van der Waals surface area contributed by atoms with Crippen LogP contribution >= 0.6 is 11.3 Å². The predicted molar refractivity (Wildman–Crippen MR) is 111 cm³/mol. The van der Waals surface area contributed by atoms with Crippen LogP contribution in [0.5, 0.6) is 0 Å². The summed E-state index contributed by atoms with van der Waals surface area (Å²) in [6.45, 7) is 4.49. The number of carbonyl (C=O) groups excluding carboxylic acids is 1. The van der Waals surface area contributed by atoms with Crippen LogP contribution in [0.25, 0.3) is 4.96 Å². The van der Waals surface area contributed by atoms with Gasteiger partial charge in [-0.3, -0.25) is 9.20 Å². The third-order valence-electron chi connectivity index (χ3n) is 4.98. The Hall–Kier alpha value is -2.46. The zero-order valence-corrected chi connectivity index (χ0v) is 17.7. The van der Waals surface area contributed by atoms with Gasteiger partial charge in [-0.05, 0) is 31.5 Å². The van der Waals surface area contributed by atoms with Crippen LogP contribution < -0.4 is 10.2 Å². The van der Waals surface area contributed by atoms with Gasteiger partial charge in [0.15, 0.2) is 14.8 Å². The van der Waals surface area contributed by atoms with Crippen LogP contribution in [-0.2, 0) is 16.4 Å². The number of carbonyl (C=O) groups is 1. The number of nitrogens with zero attached hydrogens (tertiary/aromatic N) is 3. The number of hydrogen-bond acceptors (Lipinski definition) is 6. The van der Waals surface area contributed by atoms with Gasteiger partial charge >= 0.3 is 0 Å². The Morgan fingerprint density at radius 3 is 2.69 bits per heavy atom. The van der Waals surface area contributed by atoms with E-state index < -0.39 is 15.7 Å². The second-order valence-corrected chi connectivity index (χ2v) is 10.7. The van der Waals surface area contributed by atoms with Crippen LogP contribution in [0.15, 0.2) is 24.4 Å². The molecular weight excluding hydrogens is 415 g/mol. The average molecular weight is 437 g/mol. The zero-order valence-electron chi connectivity index (χ0n) is 16.1. The first-order valence-corrected chi connectivity index (χ1v) is 11.8. The van der Waals surface area contributed by atoms with E-state index in [4.69, 9.17) is 0 Å². The number of rotatable bonds is 4. The number of aryl methyl sites for hydroxylation is 2. The van der Waals surface area contributed by atoms with Gasteiger partial charge in [-0.15, -0.1) is 11.3 Å².